The molecule has 0 atom stereocenters. The first kappa shape index (κ1) is 21.7. The van der Waals surface area contributed by atoms with Crippen LogP contribution in [0.5, 0.6) is 17.2 Å². The van der Waals surface area contributed by atoms with Crippen molar-refractivity contribution in [2.45, 2.75) is 13.5 Å². The predicted octanol–water partition coefficient (Wildman–Crippen LogP) is 4.12. The van der Waals surface area contributed by atoms with Gasteiger partial charge in [-0.3, -0.25) is 14.9 Å². The first-order chi connectivity index (χ1) is 14.9. The Morgan fingerprint density at radius 3 is 2.29 bits per heavy atom. The number of furan rings is 1. The van der Waals surface area contributed by atoms with Gasteiger partial charge in [0.1, 0.15) is 5.76 Å². The zero-order valence-electron chi connectivity index (χ0n) is 17.6. The molecule has 9 heteroatoms. The number of amides is 1. The summed E-state index contributed by atoms with van der Waals surface area (Å²) in [5, 5.41) is 14.1. The molecule has 1 heterocycles. The number of ether oxygens (including phenoxy) is 3. The summed E-state index contributed by atoms with van der Waals surface area (Å²) in [6.45, 7) is 1.94. The lowest BCUT2D eigenvalue weighted by atomic mass is 10.1. The number of benzene rings is 2. The minimum absolute atomic E-state index is 0.0392. The van der Waals surface area contributed by atoms with E-state index in [0.717, 1.165) is 11.1 Å². The molecule has 3 rings (SSSR count). The molecule has 9 nitrogen and oxygen atoms in total. The van der Waals surface area contributed by atoms with Crippen molar-refractivity contribution >= 4 is 11.6 Å². The summed E-state index contributed by atoms with van der Waals surface area (Å²) in [5.41, 5.74) is 1.70. The third-order valence-electron chi connectivity index (χ3n) is 4.62. The molecule has 0 aliphatic heterocycles. The van der Waals surface area contributed by atoms with Crippen LogP contribution >= 0.6 is 0 Å². The van der Waals surface area contributed by atoms with Crippen molar-refractivity contribution in [2.24, 2.45) is 0 Å². The minimum Gasteiger partial charge on any atom is -0.493 e. The highest BCUT2D eigenvalue weighted by atomic mass is 16.6. The molecule has 0 unspecified atom stereocenters. The van der Waals surface area contributed by atoms with Crippen LogP contribution in [0.1, 0.15) is 21.7 Å². The van der Waals surface area contributed by atoms with Gasteiger partial charge in [-0.05, 0) is 48.4 Å². The van der Waals surface area contributed by atoms with Crippen LogP contribution in [0.3, 0.4) is 0 Å². The average molecular weight is 426 g/mol. The number of rotatable bonds is 8. The number of carbonyl (C=O) groups excluding carboxylic acids is 1. The standard InChI is InChI=1S/C22H22N2O7/c1-13-5-6-15(16(9-13)24(26)27)17-7-8-18(31-17)22(25)23-12-14-10-19(28-2)21(30-4)20(11-14)29-3/h5-11H,12H2,1-4H3,(H,23,25). The maximum absolute atomic E-state index is 12.5. The molecule has 0 saturated carbocycles. The number of carbonyl (C=O) groups is 1. The van der Waals surface area contributed by atoms with Crippen molar-refractivity contribution in [1.82, 2.24) is 5.32 Å². The molecule has 0 spiro atoms. The predicted molar refractivity (Wildman–Crippen MR) is 113 cm³/mol. The second-order valence-electron chi connectivity index (χ2n) is 6.66. The van der Waals surface area contributed by atoms with Gasteiger partial charge in [-0.25, -0.2) is 0 Å². The molecule has 0 saturated heterocycles. The van der Waals surface area contributed by atoms with E-state index in [1.54, 1.807) is 31.2 Å². The second-order valence-corrected chi connectivity index (χ2v) is 6.66. The van der Waals surface area contributed by atoms with Gasteiger partial charge in [0.15, 0.2) is 17.3 Å². The smallest absolute Gasteiger partial charge is 0.287 e. The van der Waals surface area contributed by atoms with Crippen molar-refractivity contribution in [3.63, 3.8) is 0 Å². The highest BCUT2D eigenvalue weighted by Gasteiger charge is 2.20. The topological polar surface area (TPSA) is 113 Å². The minimum atomic E-state index is -0.477. The Morgan fingerprint density at radius 2 is 1.71 bits per heavy atom. The molecule has 1 aromatic heterocycles. The third kappa shape index (κ3) is 4.61. The van der Waals surface area contributed by atoms with Gasteiger partial charge >= 0.3 is 0 Å². The van der Waals surface area contributed by atoms with Gasteiger partial charge < -0.3 is 23.9 Å². The fourth-order valence-corrected chi connectivity index (χ4v) is 3.11. The highest BCUT2D eigenvalue weighted by molar-refractivity contribution is 5.92. The van der Waals surface area contributed by atoms with E-state index in [2.05, 4.69) is 5.32 Å². The Balaban J connectivity index is 1.78. The van der Waals surface area contributed by atoms with Crippen molar-refractivity contribution in [2.75, 3.05) is 21.3 Å². The van der Waals surface area contributed by atoms with Gasteiger partial charge in [0.05, 0.1) is 31.8 Å². The number of nitro groups is 1. The maximum atomic E-state index is 12.5. The lowest BCUT2D eigenvalue weighted by molar-refractivity contribution is -0.384. The van der Waals surface area contributed by atoms with Crippen LogP contribution in [0.2, 0.25) is 0 Å². The highest BCUT2D eigenvalue weighted by Crippen LogP contribution is 2.38. The normalized spacial score (nSPS) is 10.5. The number of hydrogen-bond donors (Lipinski definition) is 1. The number of methoxy groups -OCH3 is 3. The molecule has 0 aliphatic carbocycles. The molecule has 3 aromatic rings. The van der Waals surface area contributed by atoms with Crippen LogP contribution < -0.4 is 19.5 Å². The van der Waals surface area contributed by atoms with Crippen LogP contribution in [-0.4, -0.2) is 32.2 Å². The maximum Gasteiger partial charge on any atom is 0.287 e. The number of aryl methyl sites for hydroxylation is 1. The summed E-state index contributed by atoms with van der Waals surface area (Å²) in [5.74, 6) is 1.21. The van der Waals surface area contributed by atoms with E-state index in [1.807, 2.05) is 0 Å². The van der Waals surface area contributed by atoms with Gasteiger partial charge in [-0.1, -0.05) is 6.07 Å². The van der Waals surface area contributed by atoms with Crippen molar-refractivity contribution in [1.29, 1.82) is 0 Å². The summed E-state index contributed by atoms with van der Waals surface area (Å²) in [7, 11) is 4.53. The SMILES string of the molecule is COc1cc(CNC(=O)c2ccc(-c3ccc(C)cc3[N+](=O)[O-])o2)cc(OC)c1OC. The first-order valence-electron chi connectivity index (χ1n) is 9.30. The van der Waals surface area contributed by atoms with E-state index in [-0.39, 0.29) is 23.8 Å². The quantitative estimate of drug-likeness (QED) is 0.426. The molecule has 1 amide bonds. The Bertz CT molecular complexity index is 1100. The third-order valence-corrected chi connectivity index (χ3v) is 4.62. The lowest BCUT2D eigenvalue weighted by Gasteiger charge is -2.14. The number of nitro benzene ring substituents is 1. The number of nitrogens with one attached hydrogen (secondary N) is 1. The molecule has 2 aromatic carbocycles. The zero-order chi connectivity index (χ0) is 22.5. The summed E-state index contributed by atoms with van der Waals surface area (Å²) < 4.78 is 21.5. The molecule has 162 valence electrons. The summed E-state index contributed by atoms with van der Waals surface area (Å²) in [4.78, 5) is 23.4. The fourth-order valence-electron chi connectivity index (χ4n) is 3.11. The molecule has 0 fully saturated rings. The Hall–Kier alpha value is -4.01. The van der Waals surface area contributed by atoms with Crippen LogP contribution in [0, 0.1) is 17.0 Å². The monoisotopic (exact) mass is 426 g/mol. The Morgan fingerprint density at radius 1 is 1.03 bits per heavy atom. The zero-order valence-corrected chi connectivity index (χ0v) is 17.6. The van der Waals surface area contributed by atoms with E-state index in [0.29, 0.717) is 22.8 Å². The second kappa shape index (κ2) is 9.21. The van der Waals surface area contributed by atoms with E-state index in [9.17, 15) is 14.9 Å². The Labute approximate surface area is 178 Å². The van der Waals surface area contributed by atoms with Gasteiger partial charge in [-0.2, -0.15) is 0 Å². The lowest BCUT2D eigenvalue weighted by Crippen LogP contribution is -2.22. The van der Waals surface area contributed by atoms with E-state index >= 15 is 0 Å². The molecular weight excluding hydrogens is 404 g/mol. The molecular formula is C22H22N2O7. The summed E-state index contributed by atoms with van der Waals surface area (Å²) in [6.07, 6.45) is 0. The molecule has 0 aliphatic rings. The van der Waals surface area contributed by atoms with E-state index < -0.39 is 10.8 Å². The van der Waals surface area contributed by atoms with Crippen molar-refractivity contribution in [3.8, 4) is 28.6 Å². The number of hydrogen-bond acceptors (Lipinski definition) is 7. The van der Waals surface area contributed by atoms with Gasteiger partial charge in [-0.15, -0.1) is 0 Å². The van der Waals surface area contributed by atoms with Crippen LogP contribution in [-0.2, 0) is 6.54 Å². The number of nitrogens with zero attached hydrogens (tertiary/aromatic N) is 1. The van der Waals surface area contributed by atoms with Gasteiger partial charge in [0.2, 0.25) is 5.75 Å². The fraction of sp³-hybridized carbons (Fsp3) is 0.227. The largest absolute Gasteiger partial charge is 0.493 e. The molecule has 0 bridgehead atoms. The summed E-state index contributed by atoms with van der Waals surface area (Å²) >= 11 is 0. The van der Waals surface area contributed by atoms with Crippen LogP contribution in [0.15, 0.2) is 46.9 Å². The van der Waals surface area contributed by atoms with Gasteiger partial charge in [0.25, 0.3) is 11.6 Å². The molecule has 1 N–H and O–H groups in total. The molecule has 0 radical (unpaired) electrons. The molecule has 31 heavy (non-hydrogen) atoms. The first-order valence-corrected chi connectivity index (χ1v) is 9.30. The van der Waals surface area contributed by atoms with E-state index in [4.69, 9.17) is 18.6 Å². The van der Waals surface area contributed by atoms with Crippen LogP contribution in [0.25, 0.3) is 11.3 Å². The Kier molecular flexibility index (Phi) is 6.44. The van der Waals surface area contributed by atoms with Crippen LogP contribution in [0.4, 0.5) is 5.69 Å². The van der Waals surface area contributed by atoms with E-state index in [1.165, 1.54) is 39.5 Å². The van der Waals surface area contributed by atoms with Crippen molar-refractivity contribution in [3.05, 3.63) is 69.5 Å². The van der Waals surface area contributed by atoms with Crippen molar-refractivity contribution < 1.29 is 28.3 Å². The van der Waals surface area contributed by atoms with Gasteiger partial charge in [0, 0.05) is 12.6 Å². The summed E-state index contributed by atoms with van der Waals surface area (Å²) in [6, 6.07) is 11.3. The average Bonchev–Trinajstić information content (AvgIpc) is 3.26.